The van der Waals surface area contributed by atoms with Gasteiger partial charge in [-0.1, -0.05) is 0 Å². The summed E-state index contributed by atoms with van der Waals surface area (Å²) in [5, 5.41) is 9.04. The van der Waals surface area contributed by atoms with E-state index in [0.29, 0.717) is 18.0 Å². The number of pyridine rings is 1. The van der Waals surface area contributed by atoms with E-state index in [9.17, 15) is 4.79 Å². The van der Waals surface area contributed by atoms with Crippen LogP contribution in [0.2, 0.25) is 0 Å². The van der Waals surface area contributed by atoms with E-state index in [2.05, 4.69) is 21.8 Å². The molecule has 1 aliphatic heterocycles. The number of carbonyl (C=O) groups is 1. The van der Waals surface area contributed by atoms with Crippen LogP contribution >= 0.6 is 0 Å². The van der Waals surface area contributed by atoms with Crippen molar-refractivity contribution in [3.8, 4) is 5.75 Å². The minimum atomic E-state index is -0.990. The Kier molecular flexibility index (Phi) is 8.07. The largest absolute Gasteiger partial charge is 1.00 e. The number of nitrogens with zero attached hydrogens (tertiary/aromatic N) is 4. The average Bonchev–Trinajstić information content (AvgIpc) is 2.92. The number of hydrogen-bond donors (Lipinski definition) is 1. The zero-order valence-corrected chi connectivity index (χ0v) is 14.7. The Morgan fingerprint density at radius 1 is 1.33 bits per heavy atom. The number of carboxylic acid groups (broad SMARTS) is 1. The first-order valence-corrected chi connectivity index (χ1v) is 7.37. The minimum Gasteiger partial charge on any atom is -1.00 e. The fourth-order valence-electron chi connectivity index (χ4n) is 2.57. The van der Waals surface area contributed by atoms with Crippen molar-refractivity contribution in [1.82, 2.24) is 19.2 Å². The van der Waals surface area contributed by atoms with Crippen LogP contribution in [0.5, 0.6) is 5.75 Å². The van der Waals surface area contributed by atoms with Crippen molar-refractivity contribution >= 4 is 11.6 Å². The second-order valence-electron chi connectivity index (χ2n) is 5.53. The molecular formula is C15H20ClLiN4O3. The van der Waals surface area contributed by atoms with E-state index in [-0.39, 0.29) is 37.0 Å². The van der Waals surface area contributed by atoms with Gasteiger partial charge in [0.1, 0.15) is 18.0 Å². The Labute approximate surface area is 159 Å². The molecule has 24 heavy (non-hydrogen) atoms. The Morgan fingerprint density at radius 3 is 2.71 bits per heavy atom. The monoisotopic (exact) mass is 346 g/mol. The molecule has 0 aliphatic carbocycles. The molecule has 3 rings (SSSR count). The maximum atomic E-state index is 11.0. The predicted molar refractivity (Wildman–Crippen MR) is 81.6 cm³/mol. The minimum absolute atomic E-state index is 0. The third-order valence-corrected chi connectivity index (χ3v) is 3.98. The zero-order valence-electron chi connectivity index (χ0n) is 14.0. The number of aromatic carboxylic acids is 1. The summed E-state index contributed by atoms with van der Waals surface area (Å²) in [7, 11) is 2.14. The number of hydrogen-bond acceptors (Lipinski definition) is 5. The van der Waals surface area contributed by atoms with E-state index in [1.807, 2.05) is 0 Å². The second-order valence-corrected chi connectivity index (χ2v) is 5.53. The Balaban J connectivity index is 0.00000144. The number of aromatic nitrogens is 2. The molecule has 7 nitrogen and oxygen atoms in total. The van der Waals surface area contributed by atoms with Gasteiger partial charge in [0.05, 0.1) is 6.20 Å². The first-order valence-electron chi connectivity index (χ1n) is 7.37. The van der Waals surface area contributed by atoms with Gasteiger partial charge in [-0.3, -0.25) is 9.30 Å². The van der Waals surface area contributed by atoms with Crippen LogP contribution in [0.4, 0.5) is 0 Å². The van der Waals surface area contributed by atoms with Gasteiger partial charge in [0.15, 0.2) is 5.69 Å². The number of likely N-dealkylation sites (N-methyl/N-ethyl adjacent to an activating group) is 1. The molecule has 2 aromatic heterocycles. The molecular weight excluding hydrogens is 327 g/mol. The number of imidazole rings is 1. The van der Waals surface area contributed by atoms with E-state index in [1.165, 1.54) is 10.6 Å². The molecule has 2 aromatic rings. The predicted octanol–water partition coefficient (Wildman–Crippen LogP) is -5.33. The van der Waals surface area contributed by atoms with Crippen LogP contribution in [0.1, 0.15) is 10.5 Å². The summed E-state index contributed by atoms with van der Waals surface area (Å²) in [6.45, 7) is 5.85. The molecule has 126 valence electrons. The topological polar surface area (TPSA) is 70.3 Å². The molecule has 0 bridgehead atoms. The van der Waals surface area contributed by atoms with Gasteiger partial charge in [-0.15, -0.1) is 0 Å². The van der Waals surface area contributed by atoms with Gasteiger partial charge >= 0.3 is 24.8 Å². The van der Waals surface area contributed by atoms with Crippen LogP contribution in [0.15, 0.2) is 24.5 Å². The first-order chi connectivity index (χ1) is 10.6. The average molecular weight is 347 g/mol. The van der Waals surface area contributed by atoms with Crippen LogP contribution in [-0.2, 0) is 0 Å². The van der Waals surface area contributed by atoms with Gasteiger partial charge in [-0.05, 0) is 13.1 Å². The van der Waals surface area contributed by atoms with Crippen LogP contribution in [0, 0.1) is 0 Å². The van der Waals surface area contributed by atoms with Crippen molar-refractivity contribution in [3.63, 3.8) is 0 Å². The van der Waals surface area contributed by atoms with E-state index in [0.717, 1.165) is 32.7 Å². The molecule has 0 aromatic carbocycles. The van der Waals surface area contributed by atoms with Crippen molar-refractivity contribution < 1.29 is 45.9 Å². The summed E-state index contributed by atoms with van der Waals surface area (Å²) in [4.78, 5) is 19.8. The van der Waals surface area contributed by atoms with Gasteiger partial charge in [0, 0.05) is 45.0 Å². The summed E-state index contributed by atoms with van der Waals surface area (Å²) in [6, 6.07) is 3.53. The number of ether oxygens (including phenoxy) is 1. The SMILES string of the molecule is CN1CCN(CCOc2ccn3c(C(=O)O)cnc3c2)CC1.[Cl-].[Li+]. The fraction of sp³-hybridized carbons (Fsp3) is 0.467. The number of piperazine rings is 1. The Hall–Kier alpha value is -1.23. The molecule has 1 saturated heterocycles. The molecule has 0 saturated carbocycles. The zero-order chi connectivity index (χ0) is 15.5. The van der Waals surface area contributed by atoms with Crippen LogP contribution in [0.3, 0.4) is 0 Å². The molecule has 3 heterocycles. The number of halogens is 1. The molecule has 1 N–H and O–H groups in total. The third kappa shape index (κ3) is 4.88. The maximum absolute atomic E-state index is 11.0. The third-order valence-electron chi connectivity index (χ3n) is 3.98. The smallest absolute Gasteiger partial charge is 1.00 e. The van der Waals surface area contributed by atoms with Gasteiger partial charge in [-0.25, -0.2) is 9.78 Å². The Bertz CT molecular complexity index is 674. The van der Waals surface area contributed by atoms with Gasteiger partial charge in [-0.2, -0.15) is 0 Å². The van der Waals surface area contributed by atoms with Crippen molar-refractivity contribution in [3.05, 3.63) is 30.2 Å². The molecule has 0 spiro atoms. The summed E-state index contributed by atoms with van der Waals surface area (Å²) < 4.78 is 7.29. The maximum Gasteiger partial charge on any atom is 1.00 e. The molecule has 0 atom stereocenters. The van der Waals surface area contributed by atoms with Gasteiger partial charge in [0.2, 0.25) is 0 Å². The number of carboxylic acids is 1. The summed E-state index contributed by atoms with van der Waals surface area (Å²) >= 11 is 0. The Morgan fingerprint density at radius 2 is 2.04 bits per heavy atom. The van der Waals surface area contributed by atoms with Crippen LogP contribution in [-0.4, -0.2) is 76.6 Å². The van der Waals surface area contributed by atoms with Crippen molar-refractivity contribution in [2.75, 3.05) is 46.4 Å². The van der Waals surface area contributed by atoms with Gasteiger partial charge in [0.25, 0.3) is 0 Å². The van der Waals surface area contributed by atoms with Crippen molar-refractivity contribution in [2.45, 2.75) is 0 Å². The number of fused-ring (bicyclic) bond motifs is 1. The summed E-state index contributed by atoms with van der Waals surface area (Å²) in [5.41, 5.74) is 0.730. The first kappa shape index (κ1) is 20.8. The second kappa shape index (κ2) is 9.30. The van der Waals surface area contributed by atoms with Crippen molar-refractivity contribution in [2.24, 2.45) is 0 Å². The molecule has 0 radical (unpaired) electrons. The molecule has 9 heteroatoms. The normalized spacial score (nSPS) is 15.5. The van der Waals surface area contributed by atoms with E-state index < -0.39 is 5.97 Å². The van der Waals surface area contributed by atoms with Crippen LogP contribution in [0.25, 0.3) is 5.65 Å². The van der Waals surface area contributed by atoms with E-state index in [4.69, 9.17) is 9.84 Å². The molecule has 0 amide bonds. The molecule has 0 unspecified atom stereocenters. The summed E-state index contributed by atoms with van der Waals surface area (Å²) in [5.74, 6) is -0.277. The van der Waals surface area contributed by atoms with Gasteiger partial charge < -0.3 is 27.2 Å². The van der Waals surface area contributed by atoms with E-state index in [1.54, 1.807) is 18.3 Å². The van der Waals surface area contributed by atoms with Crippen LogP contribution < -0.4 is 36.0 Å². The quantitative estimate of drug-likeness (QED) is 0.545. The fourth-order valence-corrected chi connectivity index (χ4v) is 2.57. The summed E-state index contributed by atoms with van der Waals surface area (Å²) in [6.07, 6.45) is 3.03. The molecule has 1 aliphatic rings. The van der Waals surface area contributed by atoms with E-state index >= 15 is 0 Å². The molecule has 1 fully saturated rings. The standard InChI is InChI=1S/C15H20N4O3.ClH.Li/c1-17-4-6-18(7-5-17)8-9-22-12-2-3-19-13(15(20)21)11-16-14(19)10-12;;/h2-3,10-11H,4-9H2,1H3,(H,20,21);1H;/q;;+1/p-1. The van der Waals surface area contributed by atoms with Crippen molar-refractivity contribution in [1.29, 1.82) is 0 Å². The number of rotatable bonds is 5.